The number of nitro groups is 1. The van der Waals surface area contributed by atoms with Crippen LogP contribution in [0.1, 0.15) is 16.7 Å². The second kappa shape index (κ2) is 6.57. The number of anilines is 1. The van der Waals surface area contributed by atoms with E-state index in [-0.39, 0.29) is 16.7 Å². The molecule has 0 aromatic heterocycles. The number of nitro benzene ring substituents is 1. The van der Waals surface area contributed by atoms with E-state index < -0.39 is 16.4 Å². The van der Waals surface area contributed by atoms with E-state index >= 15 is 0 Å². The van der Waals surface area contributed by atoms with Gasteiger partial charge < -0.3 is 10.4 Å². The van der Waals surface area contributed by atoms with Crippen LogP contribution in [-0.2, 0) is 4.79 Å². The van der Waals surface area contributed by atoms with Crippen LogP contribution in [0.15, 0.2) is 42.1 Å². The molecule has 1 fully saturated rings. The lowest BCUT2D eigenvalue weighted by atomic mass is 10.1. The second-order valence-electron chi connectivity index (χ2n) is 5.98. The van der Waals surface area contributed by atoms with Gasteiger partial charge >= 0.3 is 5.69 Å². The number of phenolic OH excluding ortho intramolecular Hbond substituents is 1. The third kappa shape index (κ3) is 3.27. The summed E-state index contributed by atoms with van der Waals surface area (Å²) in [6.07, 6.45) is 1.46. The molecule has 26 heavy (non-hydrogen) atoms. The van der Waals surface area contributed by atoms with Gasteiger partial charge in [-0.25, -0.2) is 0 Å². The molecule has 1 aliphatic rings. The molecule has 2 N–H and O–H groups in total. The van der Waals surface area contributed by atoms with Crippen molar-refractivity contribution >= 4 is 40.7 Å². The number of benzene rings is 2. The maximum atomic E-state index is 12.8. The fraction of sp³-hybridized carbons (Fsp3) is 0.111. The Morgan fingerprint density at radius 2 is 1.85 bits per heavy atom. The number of rotatable bonds is 3. The smallest absolute Gasteiger partial charge is 0.311 e. The first kappa shape index (κ1) is 17.6. The Kier molecular flexibility index (Phi) is 4.43. The predicted octanol–water partition coefficient (Wildman–Crippen LogP) is 3.18. The van der Waals surface area contributed by atoms with E-state index in [9.17, 15) is 20.0 Å². The maximum absolute atomic E-state index is 12.8. The Morgan fingerprint density at radius 3 is 2.46 bits per heavy atom. The second-order valence-corrected chi connectivity index (χ2v) is 6.37. The standard InChI is InChI=1S/C18H15N3O4S/c1-10-5-11(2)7-13(6-10)20-17(23)14(19-18(20)26)8-12-3-4-16(22)15(9-12)21(24)25/h3-9,22H,1-2H3,(H,19,26)/b14-8+. The van der Waals surface area contributed by atoms with Gasteiger partial charge in [0.1, 0.15) is 5.70 Å². The zero-order valence-corrected chi connectivity index (χ0v) is 14.8. The molecule has 0 aliphatic carbocycles. The number of hydrogen-bond donors (Lipinski definition) is 2. The van der Waals surface area contributed by atoms with Crippen LogP contribution < -0.4 is 10.2 Å². The van der Waals surface area contributed by atoms with Gasteiger partial charge in [-0.3, -0.25) is 19.8 Å². The number of carbonyl (C=O) groups is 1. The molecule has 0 radical (unpaired) electrons. The summed E-state index contributed by atoms with van der Waals surface area (Å²) in [4.78, 5) is 24.4. The largest absolute Gasteiger partial charge is 0.502 e. The number of phenols is 1. The Bertz CT molecular complexity index is 964. The average molecular weight is 369 g/mol. The van der Waals surface area contributed by atoms with Crippen LogP contribution in [0.2, 0.25) is 0 Å². The van der Waals surface area contributed by atoms with Gasteiger partial charge in [-0.2, -0.15) is 0 Å². The van der Waals surface area contributed by atoms with Crippen LogP contribution in [0, 0.1) is 24.0 Å². The van der Waals surface area contributed by atoms with Crippen molar-refractivity contribution in [2.24, 2.45) is 0 Å². The predicted molar refractivity (Wildman–Crippen MR) is 102 cm³/mol. The SMILES string of the molecule is Cc1cc(C)cc(N2C(=O)/C(=C\c3ccc(O)c([N+](=O)[O-])c3)NC2=S)c1. The minimum atomic E-state index is -0.687. The number of aromatic hydroxyl groups is 1. The Morgan fingerprint density at radius 1 is 1.19 bits per heavy atom. The molecule has 3 rings (SSSR count). The van der Waals surface area contributed by atoms with Crippen LogP contribution >= 0.6 is 12.2 Å². The molecular weight excluding hydrogens is 354 g/mol. The van der Waals surface area contributed by atoms with Gasteiger partial charge in [-0.1, -0.05) is 12.1 Å². The molecule has 1 saturated heterocycles. The highest BCUT2D eigenvalue weighted by Gasteiger charge is 2.32. The number of thiocarbonyl (C=S) groups is 1. The topological polar surface area (TPSA) is 95.7 Å². The molecule has 8 heteroatoms. The maximum Gasteiger partial charge on any atom is 0.311 e. The number of nitrogens with one attached hydrogen (secondary N) is 1. The molecule has 0 spiro atoms. The van der Waals surface area contributed by atoms with E-state index in [0.717, 1.165) is 11.1 Å². The van der Waals surface area contributed by atoms with Crippen molar-refractivity contribution in [1.29, 1.82) is 0 Å². The van der Waals surface area contributed by atoms with Crippen molar-refractivity contribution in [3.05, 3.63) is 68.9 Å². The highest BCUT2D eigenvalue weighted by atomic mass is 32.1. The first-order chi connectivity index (χ1) is 12.3. The molecular formula is C18H15N3O4S. The van der Waals surface area contributed by atoms with Gasteiger partial charge in [0.15, 0.2) is 10.9 Å². The molecule has 1 amide bonds. The van der Waals surface area contributed by atoms with Crippen molar-refractivity contribution in [3.8, 4) is 5.75 Å². The Hall–Kier alpha value is -3.26. The molecule has 1 aliphatic heterocycles. The number of hydrogen-bond acceptors (Lipinski definition) is 5. The molecule has 0 unspecified atom stereocenters. The van der Waals surface area contributed by atoms with Crippen LogP contribution in [0.3, 0.4) is 0 Å². The molecule has 0 bridgehead atoms. The van der Waals surface area contributed by atoms with Crippen molar-refractivity contribution < 1.29 is 14.8 Å². The fourth-order valence-corrected chi connectivity index (χ4v) is 3.09. The summed E-state index contributed by atoms with van der Waals surface area (Å²) in [5.41, 5.74) is 2.83. The summed E-state index contributed by atoms with van der Waals surface area (Å²) >= 11 is 5.27. The highest BCUT2D eigenvalue weighted by molar-refractivity contribution is 7.80. The van der Waals surface area contributed by atoms with Crippen LogP contribution in [0.4, 0.5) is 11.4 Å². The summed E-state index contributed by atoms with van der Waals surface area (Å²) in [6, 6.07) is 9.59. The number of aryl methyl sites for hydroxylation is 2. The van der Waals surface area contributed by atoms with Gasteiger partial charge in [0.05, 0.1) is 10.6 Å². The van der Waals surface area contributed by atoms with Crippen molar-refractivity contribution in [2.75, 3.05) is 4.90 Å². The lowest BCUT2D eigenvalue weighted by Gasteiger charge is -2.15. The van der Waals surface area contributed by atoms with E-state index in [0.29, 0.717) is 11.3 Å². The molecule has 0 atom stereocenters. The third-order valence-corrected chi connectivity index (χ3v) is 4.13. The quantitative estimate of drug-likeness (QED) is 0.373. The lowest BCUT2D eigenvalue weighted by molar-refractivity contribution is -0.385. The monoisotopic (exact) mass is 369 g/mol. The van der Waals surface area contributed by atoms with E-state index in [1.54, 1.807) is 0 Å². The van der Waals surface area contributed by atoms with E-state index in [1.807, 2.05) is 32.0 Å². The normalized spacial score (nSPS) is 15.5. The minimum absolute atomic E-state index is 0.203. The Balaban J connectivity index is 1.97. The zero-order valence-electron chi connectivity index (χ0n) is 14.0. The van der Waals surface area contributed by atoms with Crippen molar-refractivity contribution in [1.82, 2.24) is 5.32 Å². The summed E-state index contributed by atoms with van der Waals surface area (Å²) in [6.45, 7) is 3.86. The Labute approximate surface area is 154 Å². The van der Waals surface area contributed by atoms with E-state index in [4.69, 9.17) is 12.2 Å². The molecule has 2 aromatic rings. The fourth-order valence-electron chi connectivity index (χ4n) is 2.79. The zero-order chi connectivity index (χ0) is 19.0. The lowest BCUT2D eigenvalue weighted by Crippen LogP contribution is -2.30. The third-order valence-electron chi connectivity index (χ3n) is 3.85. The van der Waals surface area contributed by atoms with Crippen LogP contribution in [-0.4, -0.2) is 21.0 Å². The van der Waals surface area contributed by atoms with Gasteiger partial charge in [0, 0.05) is 6.07 Å². The van der Waals surface area contributed by atoms with Crippen molar-refractivity contribution in [2.45, 2.75) is 13.8 Å². The van der Waals surface area contributed by atoms with Crippen LogP contribution in [0.25, 0.3) is 6.08 Å². The van der Waals surface area contributed by atoms with Gasteiger partial charge in [0.25, 0.3) is 5.91 Å². The van der Waals surface area contributed by atoms with Gasteiger partial charge in [-0.05, 0) is 67.0 Å². The van der Waals surface area contributed by atoms with Crippen LogP contribution in [0.5, 0.6) is 5.75 Å². The number of nitrogens with zero attached hydrogens (tertiary/aromatic N) is 2. The molecule has 0 saturated carbocycles. The number of carbonyl (C=O) groups excluding carboxylic acids is 1. The van der Waals surface area contributed by atoms with E-state index in [2.05, 4.69) is 5.32 Å². The minimum Gasteiger partial charge on any atom is -0.502 e. The summed E-state index contributed by atoms with van der Waals surface area (Å²) in [7, 11) is 0. The summed E-state index contributed by atoms with van der Waals surface area (Å²) in [5.74, 6) is -0.786. The summed E-state index contributed by atoms with van der Waals surface area (Å²) < 4.78 is 0. The molecule has 7 nitrogen and oxygen atoms in total. The first-order valence-corrected chi connectivity index (χ1v) is 8.10. The van der Waals surface area contributed by atoms with E-state index in [1.165, 1.54) is 29.2 Å². The molecule has 1 heterocycles. The molecule has 132 valence electrons. The molecule has 2 aromatic carbocycles. The highest BCUT2D eigenvalue weighted by Crippen LogP contribution is 2.29. The summed E-state index contributed by atoms with van der Waals surface area (Å²) in [5, 5.41) is 23.5. The first-order valence-electron chi connectivity index (χ1n) is 7.69. The van der Waals surface area contributed by atoms with Gasteiger partial charge in [-0.15, -0.1) is 0 Å². The van der Waals surface area contributed by atoms with Crippen molar-refractivity contribution in [3.63, 3.8) is 0 Å². The van der Waals surface area contributed by atoms with Gasteiger partial charge in [0.2, 0.25) is 0 Å². The number of amides is 1. The average Bonchev–Trinajstić information content (AvgIpc) is 2.82.